The monoisotopic (exact) mass is 196 g/mol. The second-order valence-electron chi connectivity index (χ2n) is 4.00. The van der Waals surface area contributed by atoms with Crippen LogP contribution in [0.1, 0.15) is 26.2 Å². The number of amides is 1. The molecule has 0 aliphatic carbocycles. The molecule has 0 N–H and O–H groups in total. The first-order valence-electron chi connectivity index (χ1n) is 5.20. The standard InChI is InChI=1S/C11H20N2O/c1-5-11(14)12(3)8-10-7-6-9(2)13(10)4/h10H,2,5-8H2,1,3-4H3. The van der Waals surface area contributed by atoms with E-state index in [4.69, 9.17) is 0 Å². The van der Waals surface area contributed by atoms with Gasteiger partial charge in [-0.3, -0.25) is 4.79 Å². The van der Waals surface area contributed by atoms with Crippen molar-refractivity contribution in [3.05, 3.63) is 12.3 Å². The maximum atomic E-state index is 11.4. The Balaban J connectivity index is 2.45. The zero-order valence-electron chi connectivity index (χ0n) is 9.42. The van der Waals surface area contributed by atoms with Gasteiger partial charge in [0.15, 0.2) is 0 Å². The molecule has 0 aromatic heterocycles. The number of rotatable bonds is 3. The maximum Gasteiger partial charge on any atom is 0.222 e. The Morgan fingerprint density at radius 3 is 2.79 bits per heavy atom. The summed E-state index contributed by atoms with van der Waals surface area (Å²) in [6, 6.07) is 0.461. The molecule has 1 heterocycles. The Bertz CT molecular complexity index is 237. The maximum absolute atomic E-state index is 11.4. The topological polar surface area (TPSA) is 23.6 Å². The van der Waals surface area contributed by atoms with Gasteiger partial charge in [0.1, 0.15) is 0 Å². The van der Waals surface area contributed by atoms with Crippen LogP contribution in [-0.4, -0.2) is 42.4 Å². The van der Waals surface area contributed by atoms with Gasteiger partial charge >= 0.3 is 0 Å². The third kappa shape index (κ3) is 2.28. The number of allylic oxidation sites excluding steroid dienone is 1. The largest absolute Gasteiger partial charge is 0.374 e. The van der Waals surface area contributed by atoms with Gasteiger partial charge in [-0.1, -0.05) is 13.5 Å². The Kier molecular flexibility index (Phi) is 3.55. The summed E-state index contributed by atoms with van der Waals surface area (Å²) in [4.78, 5) is 15.4. The fraction of sp³-hybridized carbons (Fsp3) is 0.727. The van der Waals surface area contributed by atoms with Gasteiger partial charge in [-0.15, -0.1) is 0 Å². The Morgan fingerprint density at radius 1 is 1.71 bits per heavy atom. The summed E-state index contributed by atoms with van der Waals surface area (Å²) in [5.74, 6) is 0.218. The van der Waals surface area contributed by atoms with E-state index in [0.29, 0.717) is 12.5 Å². The molecule has 3 nitrogen and oxygen atoms in total. The number of likely N-dealkylation sites (tertiary alicyclic amines) is 1. The lowest BCUT2D eigenvalue weighted by molar-refractivity contribution is -0.130. The van der Waals surface area contributed by atoms with E-state index in [1.165, 1.54) is 5.70 Å². The summed E-state index contributed by atoms with van der Waals surface area (Å²) in [5, 5.41) is 0. The van der Waals surface area contributed by atoms with E-state index in [2.05, 4.69) is 18.5 Å². The molecule has 1 rings (SSSR count). The third-order valence-corrected chi connectivity index (χ3v) is 3.03. The zero-order chi connectivity index (χ0) is 10.7. The summed E-state index contributed by atoms with van der Waals surface area (Å²) < 4.78 is 0. The summed E-state index contributed by atoms with van der Waals surface area (Å²) in [6.45, 7) is 6.70. The summed E-state index contributed by atoms with van der Waals surface area (Å²) in [6.07, 6.45) is 2.78. The van der Waals surface area contributed by atoms with Crippen molar-refractivity contribution in [3.63, 3.8) is 0 Å². The molecule has 3 heteroatoms. The molecule has 1 unspecified atom stereocenters. The first-order valence-corrected chi connectivity index (χ1v) is 5.20. The van der Waals surface area contributed by atoms with E-state index in [9.17, 15) is 4.79 Å². The average Bonchev–Trinajstić information content (AvgIpc) is 2.48. The van der Waals surface area contributed by atoms with Crippen molar-refractivity contribution in [2.24, 2.45) is 0 Å². The summed E-state index contributed by atoms with van der Waals surface area (Å²) >= 11 is 0. The zero-order valence-corrected chi connectivity index (χ0v) is 9.42. The lowest BCUT2D eigenvalue weighted by atomic mass is 10.2. The molecule has 80 valence electrons. The number of carbonyl (C=O) groups is 1. The molecule has 0 radical (unpaired) electrons. The van der Waals surface area contributed by atoms with Crippen LogP contribution >= 0.6 is 0 Å². The minimum absolute atomic E-state index is 0.218. The molecular weight excluding hydrogens is 176 g/mol. The first-order chi connectivity index (χ1) is 6.56. The molecule has 14 heavy (non-hydrogen) atoms. The SMILES string of the molecule is C=C1CCC(CN(C)C(=O)CC)N1C. The fourth-order valence-corrected chi connectivity index (χ4v) is 1.86. The summed E-state index contributed by atoms with van der Waals surface area (Å²) in [7, 11) is 3.94. The summed E-state index contributed by atoms with van der Waals surface area (Å²) in [5.41, 5.74) is 1.19. The van der Waals surface area contributed by atoms with E-state index in [-0.39, 0.29) is 5.91 Å². The van der Waals surface area contributed by atoms with Crippen LogP contribution in [0.15, 0.2) is 12.3 Å². The molecule has 0 spiro atoms. The van der Waals surface area contributed by atoms with Gasteiger partial charge in [0.05, 0.1) is 0 Å². The average molecular weight is 196 g/mol. The second-order valence-corrected chi connectivity index (χ2v) is 4.00. The quantitative estimate of drug-likeness (QED) is 0.682. The molecule has 0 aromatic rings. The van der Waals surface area contributed by atoms with Crippen molar-refractivity contribution in [2.45, 2.75) is 32.2 Å². The lowest BCUT2D eigenvalue weighted by Gasteiger charge is -2.27. The number of nitrogens with zero attached hydrogens (tertiary/aromatic N) is 2. The Morgan fingerprint density at radius 2 is 2.36 bits per heavy atom. The van der Waals surface area contributed by atoms with Crippen LogP contribution in [0.4, 0.5) is 0 Å². The van der Waals surface area contributed by atoms with Gasteiger partial charge in [-0.25, -0.2) is 0 Å². The third-order valence-electron chi connectivity index (χ3n) is 3.03. The van der Waals surface area contributed by atoms with Gasteiger partial charge in [-0.2, -0.15) is 0 Å². The first kappa shape index (κ1) is 11.1. The minimum Gasteiger partial charge on any atom is -0.374 e. The molecule has 1 amide bonds. The van der Waals surface area contributed by atoms with Crippen molar-refractivity contribution in [3.8, 4) is 0 Å². The molecule has 1 saturated heterocycles. The second kappa shape index (κ2) is 4.49. The van der Waals surface area contributed by atoms with Crippen molar-refractivity contribution in [1.82, 2.24) is 9.80 Å². The van der Waals surface area contributed by atoms with E-state index >= 15 is 0 Å². The highest BCUT2D eigenvalue weighted by atomic mass is 16.2. The van der Waals surface area contributed by atoms with E-state index in [0.717, 1.165) is 19.4 Å². The van der Waals surface area contributed by atoms with Crippen molar-refractivity contribution >= 4 is 5.91 Å². The van der Waals surface area contributed by atoms with Crippen molar-refractivity contribution < 1.29 is 4.79 Å². The van der Waals surface area contributed by atoms with Gasteiger partial charge in [0.25, 0.3) is 0 Å². The highest BCUT2D eigenvalue weighted by Crippen LogP contribution is 2.24. The molecule has 1 aliphatic heterocycles. The molecule has 0 saturated carbocycles. The van der Waals surface area contributed by atoms with E-state index < -0.39 is 0 Å². The molecule has 1 fully saturated rings. The number of hydrogen-bond acceptors (Lipinski definition) is 2. The van der Waals surface area contributed by atoms with Crippen LogP contribution in [0.3, 0.4) is 0 Å². The van der Waals surface area contributed by atoms with Crippen LogP contribution in [0, 0.1) is 0 Å². The lowest BCUT2D eigenvalue weighted by Crippen LogP contribution is -2.38. The fourth-order valence-electron chi connectivity index (χ4n) is 1.86. The predicted molar refractivity (Wildman–Crippen MR) is 57.9 cm³/mol. The molecule has 0 bridgehead atoms. The van der Waals surface area contributed by atoms with E-state index in [1.54, 1.807) is 0 Å². The number of likely N-dealkylation sites (N-methyl/N-ethyl adjacent to an activating group) is 2. The Labute approximate surface area is 86.4 Å². The van der Waals surface area contributed by atoms with Crippen molar-refractivity contribution in [2.75, 3.05) is 20.6 Å². The molecular formula is C11H20N2O. The Hall–Kier alpha value is -0.990. The van der Waals surface area contributed by atoms with Crippen LogP contribution in [0.5, 0.6) is 0 Å². The predicted octanol–water partition coefficient (Wildman–Crippen LogP) is 1.46. The van der Waals surface area contributed by atoms with Crippen LogP contribution in [-0.2, 0) is 4.79 Å². The van der Waals surface area contributed by atoms with Crippen LogP contribution < -0.4 is 0 Å². The van der Waals surface area contributed by atoms with Crippen LogP contribution in [0.2, 0.25) is 0 Å². The van der Waals surface area contributed by atoms with Crippen LogP contribution in [0.25, 0.3) is 0 Å². The van der Waals surface area contributed by atoms with Gasteiger partial charge in [0.2, 0.25) is 5.91 Å². The smallest absolute Gasteiger partial charge is 0.222 e. The van der Waals surface area contributed by atoms with Gasteiger partial charge < -0.3 is 9.80 Å². The highest BCUT2D eigenvalue weighted by Gasteiger charge is 2.25. The number of carbonyl (C=O) groups excluding carboxylic acids is 1. The van der Waals surface area contributed by atoms with E-state index in [1.807, 2.05) is 18.9 Å². The van der Waals surface area contributed by atoms with Crippen molar-refractivity contribution in [1.29, 1.82) is 0 Å². The minimum atomic E-state index is 0.218. The van der Waals surface area contributed by atoms with Gasteiger partial charge in [-0.05, 0) is 12.8 Å². The molecule has 1 aliphatic rings. The molecule has 1 atom stereocenters. The normalized spacial score (nSPS) is 21.5. The number of hydrogen-bond donors (Lipinski definition) is 0. The highest BCUT2D eigenvalue weighted by molar-refractivity contribution is 5.75. The molecule has 0 aromatic carbocycles. The van der Waals surface area contributed by atoms with Gasteiger partial charge in [0, 0.05) is 38.8 Å².